The predicted octanol–water partition coefficient (Wildman–Crippen LogP) is 2.71. The number of nitrogens with one attached hydrogen (secondary N) is 1. The molecule has 3 rings (SSSR count). The van der Waals surface area contributed by atoms with E-state index in [1.54, 1.807) is 12.1 Å². The molecule has 1 amide bonds. The number of hydrogen-bond donors (Lipinski definition) is 1. The molecule has 0 unspecified atom stereocenters. The van der Waals surface area contributed by atoms with Gasteiger partial charge in [-0.2, -0.15) is 0 Å². The Morgan fingerprint density at radius 2 is 1.73 bits per heavy atom. The molecule has 1 aliphatic rings. The lowest BCUT2D eigenvalue weighted by molar-refractivity contribution is -0.123. The highest BCUT2D eigenvalue weighted by atomic mass is 32.2. The highest BCUT2D eigenvalue weighted by Crippen LogP contribution is 2.43. The normalized spacial score (nSPS) is 15.7. The van der Waals surface area contributed by atoms with Crippen LogP contribution in [0.5, 0.6) is 5.75 Å². The van der Waals surface area contributed by atoms with Gasteiger partial charge in [0.15, 0.2) is 16.4 Å². The van der Waals surface area contributed by atoms with Crippen LogP contribution in [0, 0.1) is 0 Å². The Balaban J connectivity index is 1.51. The van der Waals surface area contributed by atoms with Gasteiger partial charge in [-0.05, 0) is 42.7 Å². The highest BCUT2D eigenvalue weighted by Gasteiger charge is 2.38. The standard InChI is InChI=1S/C20H23NO4S/c1-26(23,24)18-10-8-17(9-11-18)25-14-19(22)21-15-20(12-5-13-20)16-6-3-2-4-7-16/h2-4,6-11H,5,12-15H2,1H3,(H,21,22). The fourth-order valence-electron chi connectivity index (χ4n) is 3.21. The molecule has 0 aromatic heterocycles. The molecular weight excluding hydrogens is 350 g/mol. The Kier molecular flexibility index (Phi) is 5.32. The summed E-state index contributed by atoms with van der Waals surface area (Å²) >= 11 is 0. The van der Waals surface area contributed by atoms with Crippen LogP contribution < -0.4 is 10.1 Å². The van der Waals surface area contributed by atoms with Gasteiger partial charge in [0, 0.05) is 18.2 Å². The first-order valence-corrected chi connectivity index (χ1v) is 10.5. The molecule has 5 nitrogen and oxygen atoms in total. The van der Waals surface area contributed by atoms with E-state index in [1.807, 2.05) is 18.2 Å². The lowest BCUT2D eigenvalue weighted by atomic mass is 9.64. The summed E-state index contributed by atoms with van der Waals surface area (Å²) in [6.07, 6.45) is 4.48. The molecule has 0 heterocycles. The lowest BCUT2D eigenvalue weighted by Crippen LogP contribution is -2.46. The summed E-state index contributed by atoms with van der Waals surface area (Å²) in [5.74, 6) is 0.286. The number of benzene rings is 2. The van der Waals surface area contributed by atoms with E-state index < -0.39 is 9.84 Å². The molecule has 0 radical (unpaired) electrons. The van der Waals surface area contributed by atoms with Crippen molar-refractivity contribution in [3.63, 3.8) is 0 Å². The van der Waals surface area contributed by atoms with Crippen LogP contribution in [0.15, 0.2) is 59.5 Å². The minimum absolute atomic E-state index is 0.0358. The number of carbonyl (C=O) groups excluding carboxylic acids is 1. The van der Waals surface area contributed by atoms with E-state index >= 15 is 0 Å². The smallest absolute Gasteiger partial charge is 0.257 e. The van der Waals surface area contributed by atoms with Gasteiger partial charge in [0.1, 0.15) is 5.75 Å². The minimum atomic E-state index is -3.23. The minimum Gasteiger partial charge on any atom is -0.484 e. The number of rotatable bonds is 7. The van der Waals surface area contributed by atoms with E-state index in [2.05, 4.69) is 17.4 Å². The molecule has 1 N–H and O–H groups in total. The molecule has 2 aromatic carbocycles. The first kappa shape index (κ1) is 18.5. The first-order valence-electron chi connectivity index (χ1n) is 8.64. The van der Waals surface area contributed by atoms with E-state index in [-0.39, 0.29) is 22.8 Å². The molecule has 0 aliphatic heterocycles. The second kappa shape index (κ2) is 7.50. The van der Waals surface area contributed by atoms with E-state index in [9.17, 15) is 13.2 Å². The van der Waals surface area contributed by atoms with E-state index in [0.29, 0.717) is 12.3 Å². The summed E-state index contributed by atoms with van der Waals surface area (Å²) in [6, 6.07) is 16.3. The number of sulfone groups is 1. The summed E-state index contributed by atoms with van der Waals surface area (Å²) < 4.78 is 28.3. The number of ether oxygens (including phenoxy) is 1. The van der Waals surface area contributed by atoms with Gasteiger partial charge in [0.05, 0.1) is 4.90 Å². The number of amides is 1. The quantitative estimate of drug-likeness (QED) is 0.810. The zero-order valence-electron chi connectivity index (χ0n) is 14.8. The van der Waals surface area contributed by atoms with E-state index in [0.717, 1.165) is 19.1 Å². The molecule has 1 fully saturated rings. The average molecular weight is 373 g/mol. The summed E-state index contributed by atoms with van der Waals surface area (Å²) in [5, 5.41) is 2.97. The SMILES string of the molecule is CS(=O)(=O)c1ccc(OCC(=O)NCC2(c3ccccc3)CCC2)cc1. The topological polar surface area (TPSA) is 72.5 Å². The predicted molar refractivity (Wildman–Crippen MR) is 100 cm³/mol. The number of hydrogen-bond acceptors (Lipinski definition) is 4. The molecule has 2 aromatic rings. The fraction of sp³-hybridized carbons (Fsp3) is 0.350. The second-order valence-electron chi connectivity index (χ2n) is 6.81. The van der Waals surface area contributed by atoms with Crippen LogP contribution in [0.1, 0.15) is 24.8 Å². The van der Waals surface area contributed by atoms with Crippen molar-refractivity contribution in [2.45, 2.75) is 29.6 Å². The molecule has 1 aliphatic carbocycles. The van der Waals surface area contributed by atoms with E-state index in [1.165, 1.54) is 24.1 Å². The molecule has 1 saturated carbocycles. The Hall–Kier alpha value is -2.34. The van der Waals surface area contributed by atoms with Crippen LogP contribution in [0.3, 0.4) is 0 Å². The third-order valence-corrected chi connectivity index (χ3v) is 6.07. The van der Waals surface area contributed by atoms with Crippen LogP contribution in [0.4, 0.5) is 0 Å². The molecule has 26 heavy (non-hydrogen) atoms. The lowest BCUT2D eigenvalue weighted by Gasteiger charge is -2.42. The summed E-state index contributed by atoms with van der Waals surface area (Å²) in [7, 11) is -3.23. The van der Waals surface area contributed by atoms with Crippen molar-refractivity contribution in [3.05, 3.63) is 60.2 Å². The Bertz CT molecular complexity index is 856. The van der Waals surface area contributed by atoms with Gasteiger partial charge >= 0.3 is 0 Å². The van der Waals surface area contributed by atoms with Crippen molar-refractivity contribution in [1.82, 2.24) is 5.32 Å². The van der Waals surface area contributed by atoms with Crippen LogP contribution in [0.2, 0.25) is 0 Å². The Morgan fingerprint density at radius 1 is 1.08 bits per heavy atom. The fourth-order valence-corrected chi connectivity index (χ4v) is 3.84. The third kappa shape index (κ3) is 4.25. The Morgan fingerprint density at radius 3 is 2.27 bits per heavy atom. The maximum atomic E-state index is 12.1. The third-order valence-electron chi connectivity index (χ3n) is 4.94. The van der Waals surface area contributed by atoms with Crippen molar-refractivity contribution in [2.75, 3.05) is 19.4 Å². The van der Waals surface area contributed by atoms with Crippen molar-refractivity contribution >= 4 is 15.7 Å². The molecule has 6 heteroatoms. The molecule has 0 atom stereocenters. The zero-order chi connectivity index (χ0) is 18.6. The van der Waals surface area contributed by atoms with Crippen molar-refractivity contribution in [1.29, 1.82) is 0 Å². The van der Waals surface area contributed by atoms with Crippen LogP contribution >= 0.6 is 0 Å². The van der Waals surface area contributed by atoms with Gasteiger partial charge in [-0.25, -0.2) is 8.42 Å². The maximum absolute atomic E-state index is 12.1. The van der Waals surface area contributed by atoms with Crippen LogP contribution in [-0.4, -0.2) is 33.7 Å². The van der Waals surface area contributed by atoms with Crippen molar-refractivity contribution in [3.8, 4) is 5.75 Å². The van der Waals surface area contributed by atoms with Gasteiger partial charge in [0.2, 0.25) is 0 Å². The first-order chi connectivity index (χ1) is 12.4. The molecular formula is C20H23NO4S. The van der Waals surface area contributed by atoms with Gasteiger partial charge in [-0.15, -0.1) is 0 Å². The zero-order valence-corrected chi connectivity index (χ0v) is 15.6. The van der Waals surface area contributed by atoms with Gasteiger partial charge in [0.25, 0.3) is 5.91 Å². The molecule has 0 saturated heterocycles. The Labute approximate surface area is 154 Å². The van der Waals surface area contributed by atoms with Crippen LogP contribution in [-0.2, 0) is 20.0 Å². The van der Waals surface area contributed by atoms with E-state index in [4.69, 9.17) is 4.74 Å². The van der Waals surface area contributed by atoms with Gasteiger partial charge in [-0.3, -0.25) is 4.79 Å². The maximum Gasteiger partial charge on any atom is 0.257 e. The largest absolute Gasteiger partial charge is 0.484 e. The van der Waals surface area contributed by atoms with Crippen molar-refractivity contribution < 1.29 is 17.9 Å². The summed E-state index contributed by atoms with van der Waals surface area (Å²) in [5.41, 5.74) is 1.30. The van der Waals surface area contributed by atoms with Gasteiger partial charge in [-0.1, -0.05) is 36.8 Å². The van der Waals surface area contributed by atoms with Crippen molar-refractivity contribution in [2.24, 2.45) is 0 Å². The molecule has 0 bridgehead atoms. The monoisotopic (exact) mass is 373 g/mol. The summed E-state index contributed by atoms with van der Waals surface area (Å²) in [6.45, 7) is 0.509. The number of carbonyl (C=O) groups is 1. The van der Waals surface area contributed by atoms with Crippen LogP contribution in [0.25, 0.3) is 0 Å². The second-order valence-corrected chi connectivity index (χ2v) is 8.82. The summed E-state index contributed by atoms with van der Waals surface area (Å²) in [4.78, 5) is 12.4. The molecule has 138 valence electrons. The average Bonchev–Trinajstić information content (AvgIpc) is 2.59. The molecule has 0 spiro atoms. The highest BCUT2D eigenvalue weighted by molar-refractivity contribution is 7.90. The van der Waals surface area contributed by atoms with Gasteiger partial charge < -0.3 is 10.1 Å².